The van der Waals surface area contributed by atoms with Crippen molar-refractivity contribution < 1.29 is 4.79 Å². The number of rotatable bonds is 5. The van der Waals surface area contributed by atoms with E-state index in [1.807, 2.05) is 12.1 Å². The van der Waals surface area contributed by atoms with E-state index >= 15 is 0 Å². The first kappa shape index (κ1) is 21.1. The molecule has 148 valence electrons. The Labute approximate surface area is 180 Å². The summed E-state index contributed by atoms with van der Waals surface area (Å²) in [7, 11) is 0. The minimum atomic E-state index is 0.259. The van der Waals surface area contributed by atoms with Crippen molar-refractivity contribution in [2.24, 2.45) is 0 Å². The van der Waals surface area contributed by atoms with E-state index < -0.39 is 0 Å². The SMILES string of the molecule is CCN(C(=O)Cc1ccc(Br)c(Br)c1)C1CCCCCCC1N1CC=CC1. The van der Waals surface area contributed by atoms with Crippen LogP contribution >= 0.6 is 31.9 Å². The maximum Gasteiger partial charge on any atom is 0.227 e. The van der Waals surface area contributed by atoms with E-state index in [2.05, 4.69) is 66.8 Å². The lowest BCUT2D eigenvalue weighted by molar-refractivity contribution is -0.134. The standard InChI is InChI=1S/C22H30Br2N2O/c1-2-26(22(27)16-17-11-12-18(23)19(24)15-17)21-10-6-4-3-5-9-20(21)25-13-7-8-14-25/h7-8,11-12,15,20-21H,2-6,9-10,13-14,16H2,1H3. The number of hydrogen-bond donors (Lipinski definition) is 0. The average molecular weight is 498 g/mol. The van der Waals surface area contributed by atoms with Crippen LogP contribution in [0.15, 0.2) is 39.3 Å². The maximum atomic E-state index is 13.3. The van der Waals surface area contributed by atoms with Crippen LogP contribution in [0.3, 0.4) is 0 Å². The van der Waals surface area contributed by atoms with Crippen LogP contribution in [0.25, 0.3) is 0 Å². The Hall–Kier alpha value is -0.650. The van der Waals surface area contributed by atoms with Crippen molar-refractivity contribution in [3.8, 4) is 0 Å². The van der Waals surface area contributed by atoms with E-state index in [0.717, 1.165) is 40.6 Å². The number of carbonyl (C=O) groups excluding carboxylic acids is 1. The van der Waals surface area contributed by atoms with Crippen LogP contribution in [-0.4, -0.2) is 47.4 Å². The maximum absolute atomic E-state index is 13.3. The normalized spacial score (nSPS) is 23.8. The van der Waals surface area contributed by atoms with Gasteiger partial charge in [-0.3, -0.25) is 9.69 Å². The summed E-state index contributed by atoms with van der Waals surface area (Å²) in [4.78, 5) is 18.0. The van der Waals surface area contributed by atoms with Gasteiger partial charge in [0.1, 0.15) is 0 Å². The molecule has 1 fully saturated rings. The van der Waals surface area contributed by atoms with Gasteiger partial charge in [0.05, 0.1) is 6.42 Å². The molecule has 0 bridgehead atoms. The lowest BCUT2D eigenvalue weighted by Gasteiger charge is -2.42. The van der Waals surface area contributed by atoms with Crippen LogP contribution in [0.2, 0.25) is 0 Å². The van der Waals surface area contributed by atoms with E-state index in [0.29, 0.717) is 18.5 Å². The van der Waals surface area contributed by atoms with Gasteiger partial charge in [0.2, 0.25) is 5.91 Å². The van der Waals surface area contributed by atoms with Crippen LogP contribution in [0.5, 0.6) is 0 Å². The first-order valence-corrected chi connectivity index (χ1v) is 11.8. The van der Waals surface area contributed by atoms with Crippen LogP contribution in [0.4, 0.5) is 0 Å². The molecular formula is C22H30Br2N2O. The monoisotopic (exact) mass is 496 g/mol. The summed E-state index contributed by atoms with van der Waals surface area (Å²) in [6.45, 7) is 4.99. The molecule has 0 radical (unpaired) electrons. The third kappa shape index (κ3) is 5.45. The Kier molecular flexibility index (Phi) is 7.97. The van der Waals surface area contributed by atoms with Crippen molar-refractivity contribution in [3.05, 3.63) is 44.9 Å². The lowest BCUT2D eigenvalue weighted by atomic mass is 9.89. The highest BCUT2D eigenvalue weighted by molar-refractivity contribution is 9.13. The minimum Gasteiger partial charge on any atom is -0.338 e. The van der Waals surface area contributed by atoms with Crippen LogP contribution in [-0.2, 0) is 11.2 Å². The number of carbonyl (C=O) groups is 1. The topological polar surface area (TPSA) is 23.6 Å². The van der Waals surface area contributed by atoms with Crippen molar-refractivity contribution >= 4 is 37.8 Å². The highest BCUT2D eigenvalue weighted by Gasteiger charge is 2.34. The van der Waals surface area contributed by atoms with Gasteiger partial charge in [0, 0.05) is 40.7 Å². The molecule has 2 atom stereocenters. The molecular weight excluding hydrogens is 468 g/mol. The van der Waals surface area contributed by atoms with Crippen LogP contribution in [0, 0.1) is 0 Å². The zero-order chi connectivity index (χ0) is 19.2. The second-order valence-corrected chi connectivity index (χ2v) is 9.37. The second kappa shape index (κ2) is 10.2. The minimum absolute atomic E-state index is 0.259. The van der Waals surface area contributed by atoms with Gasteiger partial charge < -0.3 is 4.90 Å². The molecule has 1 heterocycles. The molecule has 0 saturated heterocycles. The number of nitrogens with zero attached hydrogens (tertiary/aromatic N) is 2. The Morgan fingerprint density at radius 2 is 1.78 bits per heavy atom. The van der Waals surface area contributed by atoms with E-state index in [4.69, 9.17) is 0 Å². The molecule has 1 aliphatic heterocycles. The van der Waals surface area contributed by atoms with Crippen molar-refractivity contribution in [2.45, 2.75) is 64.0 Å². The summed E-state index contributed by atoms with van der Waals surface area (Å²) in [5, 5.41) is 0. The van der Waals surface area contributed by atoms with Gasteiger partial charge in [-0.25, -0.2) is 0 Å². The van der Waals surface area contributed by atoms with Gasteiger partial charge in [-0.05, 0) is 69.3 Å². The number of benzene rings is 1. The fraction of sp³-hybridized carbons (Fsp3) is 0.591. The Morgan fingerprint density at radius 3 is 2.44 bits per heavy atom. The van der Waals surface area contributed by atoms with Crippen molar-refractivity contribution in [1.29, 1.82) is 0 Å². The van der Waals surface area contributed by atoms with Gasteiger partial charge in [-0.15, -0.1) is 0 Å². The fourth-order valence-electron chi connectivity index (χ4n) is 4.52. The zero-order valence-corrected chi connectivity index (χ0v) is 19.3. The van der Waals surface area contributed by atoms with E-state index in [1.165, 1.54) is 32.1 Å². The molecule has 1 aliphatic carbocycles. The Bertz CT molecular complexity index is 668. The van der Waals surface area contributed by atoms with Gasteiger partial charge in [0.15, 0.2) is 0 Å². The smallest absolute Gasteiger partial charge is 0.227 e. The number of amides is 1. The van der Waals surface area contributed by atoms with Crippen LogP contribution in [0.1, 0.15) is 51.0 Å². The molecule has 27 heavy (non-hydrogen) atoms. The predicted octanol–water partition coefficient (Wildman–Crippen LogP) is 5.57. The highest BCUT2D eigenvalue weighted by atomic mass is 79.9. The van der Waals surface area contributed by atoms with E-state index in [-0.39, 0.29) is 5.91 Å². The quantitative estimate of drug-likeness (QED) is 0.496. The molecule has 0 aromatic heterocycles. The first-order chi connectivity index (χ1) is 13.1. The molecule has 0 N–H and O–H groups in total. The van der Waals surface area contributed by atoms with Gasteiger partial charge in [-0.1, -0.05) is 43.9 Å². The first-order valence-electron chi connectivity index (χ1n) is 10.2. The Balaban J connectivity index is 1.76. The summed E-state index contributed by atoms with van der Waals surface area (Å²) in [6.07, 6.45) is 12.5. The number of likely N-dealkylation sites (N-methyl/N-ethyl adjacent to an activating group) is 1. The summed E-state index contributed by atoms with van der Waals surface area (Å²) in [6, 6.07) is 6.93. The van der Waals surface area contributed by atoms with Gasteiger partial charge in [0.25, 0.3) is 0 Å². The highest BCUT2D eigenvalue weighted by Crippen LogP contribution is 2.28. The molecule has 1 amide bonds. The molecule has 1 aromatic rings. The fourth-order valence-corrected chi connectivity index (χ4v) is 5.19. The zero-order valence-electron chi connectivity index (χ0n) is 16.2. The number of hydrogen-bond acceptors (Lipinski definition) is 2. The van der Waals surface area contributed by atoms with Crippen molar-refractivity contribution in [3.63, 3.8) is 0 Å². The molecule has 2 unspecified atom stereocenters. The van der Waals surface area contributed by atoms with Gasteiger partial charge in [-0.2, -0.15) is 0 Å². The average Bonchev–Trinajstić information content (AvgIpc) is 3.15. The largest absolute Gasteiger partial charge is 0.338 e. The lowest BCUT2D eigenvalue weighted by Crippen LogP contribution is -2.54. The van der Waals surface area contributed by atoms with E-state index in [9.17, 15) is 4.79 Å². The Morgan fingerprint density at radius 1 is 1.07 bits per heavy atom. The summed E-state index contributed by atoms with van der Waals surface area (Å²) in [5.41, 5.74) is 1.07. The van der Waals surface area contributed by atoms with E-state index in [1.54, 1.807) is 0 Å². The molecule has 2 aliphatic rings. The molecule has 1 saturated carbocycles. The van der Waals surface area contributed by atoms with Gasteiger partial charge >= 0.3 is 0 Å². The third-order valence-electron chi connectivity index (χ3n) is 5.91. The molecule has 5 heteroatoms. The molecule has 3 rings (SSSR count). The van der Waals surface area contributed by atoms with Crippen molar-refractivity contribution in [1.82, 2.24) is 9.80 Å². The summed E-state index contributed by atoms with van der Waals surface area (Å²) >= 11 is 7.06. The number of halogens is 2. The molecule has 3 nitrogen and oxygen atoms in total. The van der Waals surface area contributed by atoms with Crippen molar-refractivity contribution in [2.75, 3.05) is 19.6 Å². The summed E-state index contributed by atoms with van der Waals surface area (Å²) < 4.78 is 2.02. The molecule has 0 spiro atoms. The summed E-state index contributed by atoms with van der Waals surface area (Å²) in [5.74, 6) is 0.259. The third-order valence-corrected chi connectivity index (χ3v) is 7.79. The van der Waals surface area contributed by atoms with Crippen LogP contribution < -0.4 is 0 Å². The second-order valence-electron chi connectivity index (χ2n) is 7.66. The molecule has 1 aromatic carbocycles. The predicted molar refractivity (Wildman–Crippen MR) is 119 cm³/mol.